The number of nitro benzene ring substituents is 1. The fraction of sp³-hybridized carbons (Fsp3) is 0.435. The molecule has 0 spiro atoms. The zero-order chi connectivity index (χ0) is 21.3. The first-order chi connectivity index (χ1) is 13.6. The van der Waals surface area contributed by atoms with E-state index in [9.17, 15) is 10.1 Å². The smallest absolute Gasteiger partial charge is 0.290 e. The van der Waals surface area contributed by atoms with Gasteiger partial charge in [0, 0.05) is 30.1 Å². The average Bonchev–Trinajstić information content (AvgIpc) is 2.64. The highest BCUT2D eigenvalue weighted by atomic mass is 35.5. The molecule has 0 aromatic heterocycles. The predicted octanol–water partition coefficient (Wildman–Crippen LogP) is 6.81. The molecule has 1 atom stereocenters. The summed E-state index contributed by atoms with van der Waals surface area (Å²) >= 11 is 5.89. The zero-order valence-electron chi connectivity index (χ0n) is 17.7. The van der Waals surface area contributed by atoms with Crippen molar-refractivity contribution >= 4 is 34.9 Å². The Kier molecular flexibility index (Phi) is 5.99. The summed E-state index contributed by atoms with van der Waals surface area (Å²) in [6, 6.07) is 9.09. The molecule has 0 aliphatic carbocycles. The van der Waals surface area contributed by atoms with Crippen LogP contribution in [0.5, 0.6) is 0 Å². The number of nitrogens with zero attached hydrogens (tertiary/aromatic N) is 3. The minimum absolute atomic E-state index is 0.117. The Hall–Kier alpha value is -2.40. The SMILES string of the molecule is CCCN1c2cc(C)c(C=Nc3ccc(Cl)c([N+](=O)[O-])c3)cc2C(C)CC1(C)C. The van der Waals surface area contributed by atoms with Crippen LogP contribution in [0.25, 0.3) is 0 Å². The molecule has 2 aromatic carbocycles. The highest BCUT2D eigenvalue weighted by Gasteiger charge is 2.36. The number of anilines is 1. The molecule has 0 saturated heterocycles. The second kappa shape index (κ2) is 8.15. The standard InChI is InChI=1S/C23H28ClN3O2/c1-6-9-26-21-10-15(2)17(11-19(21)16(3)13-23(26,4)5)14-25-18-7-8-20(24)22(12-18)27(28)29/h7-8,10-12,14,16H,6,9,13H2,1-5H3. The predicted molar refractivity (Wildman–Crippen MR) is 121 cm³/mol. The zero-order valence-corrected chi connectivity index (χ0v) is 18.5. The number of aryl methyl sites for hydroxylation is 1. The Labute approximate surface area is 177 Å². The molecule has 1 unspecified atom stereocenters. The highest BCUT2D eigenvalue weighted by molar-refractivity contribution is 6.32. The number of benzene rings is 2. The first-order valence-electron chi connectivity index (χ1n) is 10.0. The van der Waals surface area contributed by atoms with E-state index in [1.165, 1.54) is 23.4 Å². The Bertz CT molecular complexity index is 969. The lowest BCUT2D eigenvalue weighted by atomic mass is 9.79. The molecule has 0 radical (unpaired) electrons. The molecule has 0 bridgehead atoms. The van der Waals surface area contributed by atoms with Crippen LogP contribution in [0.4, 0.5) is 17.1 Å². The monoisotopic (exact) mass is 413 g/mol. The lowest BCUT2D eigenvalue weighted by molar-refractivity contribution is -0.384. The van der Waals surface area contributed by atoms with E-state index in [2.05, 4.69) is 56.6 Å². The number of rotatable bonds is 5. The molecule has 2 aromatic rings. The molecule has 0 fully saturated rings. The highest BCUT2D eigenvalue weighted by Crippen LogP contribution is 2.44. The third-order valence-electron chi connectivity index (χ3n) is 5.70. The van der Waals surface area contributed by atoms with Gasteiger partial charge >= 0.3 is 0 Å². The van der Waals surface area contributed by atoms with Gasteiger partial charge in [-0.3, -0.25) is 15.1 Å². The second-order valence-electron chi connectivity index (χ2n) is 8.49. The van der Waals surface area contributed by atoms with Crippen LogP contribution in [0.2, 0.25) is 5.02 Å². The number of nitro groups is 1. The van der Waals surface area contributed by atoms with E-state index >= 15 is 0 Å². The fourth-order valence-corrected chi connectivity index (χ4v) is 4.49. The Morgan fingerprint density at radius 2 is 2.07 bits per heavy atom. The van der Waals surface area contributed by atoms with Gasteiger partial charge in [0.2, 0.25) is 0 Å². The number of halogens is 1. The normalized spacial score (nSPS) is 18.1. The largest absolute Gasteiger partial charge is 0.366 e. The van der Waals surface area contributed by atoms with Crippen LogP contribution in [-0.2, 0) is 0 Å². The first-order valence-corrected chi connectivity index (χ1v) is 10.4. The fourth-order valence-electron chi connectivity index (χ4n) is 4.30. The van der Waals surface area contributed by atoms with Gasteiger partial charge in [-0.1, -0.05) is 25.4 Å². The Morgan fingerprint density at radius 3 is 2.72 bits per heavy atom. The summed E-state index contributed by atoms with van der Waals surface area (Å²) in [4.78, 5) is 17.6. The number of aliphatic imine (C=N–C) groups is 1. The maximum absolute atomic E-state index is 11.1. The van der Waals surface area contributed by atoms with E-state index in [1.54, 1.807) is 12.3 Å². The second-order valence-corrected chi connectivity index (χ2v) is 8.90. The summed E-state index contributed by atoms with van der Waals surface area (Å²) in [5.41, 5.74) is 5.34. The van der Waals surface area contributed by atoms with Crippen LogP contribution in [0.15, 0.2) is 35.3 Å². The van der Waals surface area contributed by atoms with Crippen LogP contribution < -0.4 is 4.90 Å². The molecule has 5 nitrogen and oxygen atoms in total. The van der Waals surface area contributed by atoms with Crippen molar-refractivity contribution in [2.75, 3.05) is 11.4 Å². The summed E-state index contributed by atoms with van der Waals surface area (Å²) in [5.74, 6) is 0.456. The quantitative estimate of drug-likeness (QED) is 0.307. The molecule has 154 valence electrons. The molecule has 1 aliphatic rings. The van der Waals surface area contributed by atoms with Crippen molar-refractivity contribution < 1.29 is 4.92 Å². The number of fused-ring (bicyclic) bond motifs is 1. The average molecular weight is 414 g/mol. The van der Waals surface area contributed by atoms with E-state index in [-0.39, 0.29) is 16.2 Å². The molecule has 3 rings (SSSR count). The minimum atomic E-state index is -0.489. The van der Waals surface area contributed by atoms with Gasteiger partial charge in [0.05, 0.1) is 10.6 Å². The van der Waals surface area contributed by atoms with E-state index in [0.717, 1.165) is 30.5 Å². The van der Waals surface area contributed by atoms with Gasteiger partial charge in [-0.2, -0.15) is 0 Å². The van der Waals surface area contributed by atoms with Crippen molar-refractivity contribution in [2.45, 2.75) is 58.9 Å². The molecule has 0 saturated carbocycles. The molecule has 1 heterocycles. The van der Waals surface area contributed by atoms with Gasteiger partial charge in [-0.15, -0.1) is 0 Å². The molecule has 0 N–H and O–H groups in total. The maximum Gasteiger partial charge on any atom is 0.290 e. The van der Waals surface area contributed by atoms with Gasteiger partial charge in [-0.25, -0.2) is 0 Å². The Morgan fingerprint density at radius 1 is 1.34 bits per heavy atom. The lowest BCUT2D eigenvalue weighted by Gasteiger charge is -2.48. The summed E-state index contributed by atoms with van der Waals surface area (Å²) in [6.07, 6.45) is 4.00. The van der Waals surface area contributed by atoms with Gasteiger partial charge < -0.3 is 4.90 Å². The molecular formula is C23H28ClN3O2. The van der Waals surface area contributed by atoms with E-state index in [0.29, 0.717) is 11.6 Å². The maximum atomic E-state index is 11.1. The minimum Gasteiger partial charge on any atom is -0.366 e. The molecular weight excluding hydrogens is 386 g/mol. The molecule has 6 heteroatoms. The van der Waals surface area contributed by atoms with E-state index < -0.39 is 4.92 Å². The summed E-state index contributed by atoms with van der Waals surface area (Å²) < 4.78 is 0. The van der Waals surface area contributed by atoms with Gasteiger partial charge in [0.25, 0.3) is 5.69 Å². The van der Waals surface area contributed by atoms with Crippen LogP contribution >= 0.6 is 11.6 Å². The van der Waals surface area contributed by atoms with Crippen LogP contribution in [0.1, 0.15) is 63.1 Å². The lowest BCUT2D eigenvalue weighted by Crippen LogP contribution is -2.48. The van der Waals surface area contributed by atoms with Gasteiger partial charge in [0.15, 0.2) is 0 Å². The van der Waals surface area contributed by atoms with Crippen molar-refractivity contribution in [1.82, 2.24) is 0 Å². The van der Waals surface area contributed by atoms with Crippen molar-refractivity contribution in [3.05, 3.63) is 62.2 Å². The van der Waals surface area contributed by atoms with Crippen molar-refractivity contribution in [3.8, 4) is 0 Å². The molecule has 29 heavy (non-hydrogen) atoms. The number of hydrogen-bond acceptors (Lipinski definition) is 4. The molecule has 0 amide bonds. The third-order valence-corrected chi connectivity index (χ3v) is 6.02. The van der Waals surface area contributed by atoms with Crippen molar-refractivity contribution in [1.29, 1.82) is 0 Å². The first kappa shape index (κ1) is 21.3. The van der Waals surface area contributed by atoms with Crippen LogP contribution in [0, 0.1) is 17.0 Å². The molecule has 1 aliphatic heterocycles. The number of hydrogen-bond donors (Lipinski definition) is 0. The Balaban J connectivity index is 1.99. The summed E-state index contributed by atoms with van der Waals surface area (Å²) in [7, 11) is 0. The topological polar surface area (TPSA) is 58.7 Å². The summed E-state index contributed by atoms with van der Waals surface area (Å²) in [6.45, 7) is 12.3. The van der Waals surface area contributed by atoms with E-state index in [1.807, 2.05) is 0 Å². The van der Waals surface area contributed by atoms with Crippen LogP contribution in [0.3, 0.4) is 0 Å². The van der Waals surface area contributed by atoms with Crippen LogP contribution in [-0.4, -0.2) is 23.2 Å². The van der Waals surface area contributed by atoms with Gasteiger partial charge in [-0.05, 0) is 80.5 Å². The van der Waals surface area contributed by atoms with Crippen molar-refractivity contribution in [3.63, 3.8) is 0 Å². The van der Waals surface area contributed by atoms with Crippen molar-refractivity contribution in [2.24, 2.45) is 4.99 Å². The van der Waals surface area contributed by atoms with Gasteiger partial charge in [0.1, 0.15) is 5.02 Å². The van der Waals surface area contributed by atoms with E-state index in [4.69, 9.17) is 11.6 Å². The third kappa shape index (κ3) is 4.30. The summed E-state index contributed by atoms with van der Waals surface area (Å²) in [5, 5.41) is 11.2.